The summed E-state index contributed by atoms with van der Waals surface area (Å²) in [4.78, 5) is 58.3. The number of esters is 1. The zero-order valence-corrected chi connectivity index (χ0v) is 31.6. The van der Waals surface area contributed by atoms with Gasteiger partial charge in [-0.15, -0.1) is 0 Å². The van der Waals surface area contributed by atoms with Crippen LogP contribution in [0.15, 0.2) is 12.2 Å². The smallest absolute Gasteiger partial charge is 0.330 e. The highest BCUT2D eigenvalue weighted by atomic mass is 16.6. The fraction of sp³-hybridized carbons (Fsp3) is 0.800. The Morgan fingerprint density at radius 2 is 1.00 bits per heavy atom. The summed E-state index contributed by atoms with van der Waals surface area (Å²) in [6.07, 6.45) is 5.58. The van der Waals surface area contributed by atoms with Crippen LogP contribution in [0.2, 0.25) is 0 Å². The lowest BCUT2D eigenvalue weighted by molar-refractivity contribution is -0.142. The van der Waals surface area contributed by atoms with Crippen LogP contribution in [0.25, 0.3) is 0 Å². The van der Waals surface area contributed by atoms with Gasteiger partial charge in [0.05, 0.1) is 106 Å². The molecule has 0 radical (unpaired) electrons. The number of unbranched alkanes of at least 4 members (excludes halogenated alkanes) is 3. The topological polar surface area (TPSA) is 225 Å². The van der Waals surface area contributed by atoms with E-state index >= 15 is 0 Å². The quantitative estimate of drug-likeness (QED) is 0.0378. The summed E-state index contributed by atoms with van der Waals surface area (Å²) in [5.41, 5.74) is 0. The maximum absolute atomic E-state index is 12.2. The number of carbonyl (C=O) groups is 5. The number of carboxylic acid groups (broad SMARTS) is 1. The summed E-state index contributed by atoms with van der Waals surface area (Å²) in [7, 11) is 2.84. The number of hydrogen-bond acceptors (Lipinski definition) is 14. The molecule has 0 aliphatic carbocycles. The van der Waals surface area contributed by atoms with Gasteiger partial charge >= 0.3 is 11.9 Å². The Morgan fingerprint density at radius 1 is 0.528 bits per heavy atom. The van der Waals surface area contributed by atoms with Gasteiger partial charge in [-0.25, -0.2) is 9.59 Å². The summed E-state index contributed by atoms with van der Waals surface area (Å²) in [5, 5.41) is 17.4. The third-order valence-electron chi connectivity index (χ3n) is 6.96. The minimum atomic E-state index is -1.11. The molecule has 0 saturated carbocycles. The van der Waals surface area contributed by atoms with E-state index in [1.807, 2.05) is 0 Å². The molecule has 0 aromatic rings. The maximum Gasteiger partial charge on any atom is 0.330 e. The second kappa shape index (κ2) is 38.5. The number of nitrogens with one attached hydrogen (secondary N) is 3. The summed E-state index contributed by atoms with van der Waals surface area (Å²) in [6.45, 7) is 7.63. The fourth-order valence-electron chi connectivity index (χ4n) is 4.11. The van der Waals surface area contributed by atoms with Crippen LogP contribution in [0.5, 0.6) is 0 Å². The van der Waals surface area contributed by atoms with E-state index in [2.05, 4.69) is 20.7 Å². The van der Waals surface area contributed by atoms with Crippen molar-refractivity contribution in [1.82, 2.24) is 16.0 Å². The number of aliphatic carboxylic acids is 1. The van der Waals surface area contributed by atoms with E-state index in [1.165, 1.54) is 7.11 Å². The van der Waals surface area contributed by atoms with Crippen molar-refractivity contribution >= 4 is 29.7 Å². The predicted molar refractivity (Wildman–Crippen MR) is 191 cm³/mol. The molecule has 0 saturated heterocycles. The Hall–Kier alpha value is -3.23. The zero-order chi connectivity index (χ0) is 39.0. The molecule has 18 nitrogen and oxygen atoms in total. The summed E-state index contributed by atoms with van der Waals surface area (Å²) >= 11 is 0. The van der Waals surface area contributed by atoms with E-state index in [0.717, 1.165) is 12.2 Å². The molecule has 0 aliphatic heterocycles. The molecule has 308 valence electrons. The Kier molecular flexibility index (Phi) is 36.1. The first kappa shape index (κ1) is 49.8. The van der Waals surface area contributed by atoms with Crippen molar-refractivity contribution in [3.63, 3.8) is 0 Å². The normalized spacial score (nSPS) is 11.7. The molecule has 0 bridgehead atoms. The lowest BCUT2D eigenvalue weighted by Gasteiger charge is -2.14. The molecule has 1 atom stereocenters. The molecule has 0 aliphatic rings. The van der Waals surface area contributed by atoms with Gasteiger partial charge in [-0.2, -0.15) is 0 Å². The minimum absolute atomic E-state index is 0.165. The van der Waals surface area contributed by atoms with Crippen LogP contribution in [0, 0.1) is 0 Å². The van der Waals surface area contributed by atoms with E-state index < -0.39 is 23.9 Å². The molecule has 0 aromatic carbocycles. The average molecular weight is 766 g/mol. The van der Waals surface area contributed by atoms with Gasteiger partial charge in [-0.05, 0) is 32.1 Å². The number of hydrogen-bond donors (Lipinski definition) is 4. The maximum atomic E-state index is 12.2. The molecule has 0 heterocycles. The third kappa shape index (κ3) is 36.9. The van der Waals surface area contributed by atoms with Crippen LogP contribution >= 0.6 is 0 Å². The van der Waals surface area contributed by atoms with Gasteiger partial charge in [-0.3, -0.25) is 14.4 Å². The van der Waals surface area contributed by atoms with Gasteiger partial charge < -0.3 is 63.7 Å². The highest BCUT2D eigenvalue weighted by Crippen LogP contribution is 2.04. The van der Waals surface area contributed by atoms with Crippen molar-refractivity contribution in [3.05, 3.63) is 12.2 Å². The molecule has 3 amide bonds. The van der Waals surface area contributed by atoms with Crippen LogP contribution < -0.4 is 16.0 Å². The molecule has 53 heavy (non-hydrogen) atoms. The van der Waals surface area contributed by atoms with Crippen LogP contribution in [-0.2, 0) is 66.6 Å². The van der Waals surface area contributed by atoms with Crippen molar-refractivity contribution < 1.29 is 71.7 Å². The van der Waals surface area contributed by atoms with Crippen molar-refractivity contribution in [2.75, 3.05) is 126 Å². The number of rotatable bonds is 39. The summed E-state index contributed by atoms with van der Waals surface area (Å²) < 4.78 is 47.1. The van der Waals surface area contributed by atoms with Crippen LogP contribution in [0.4, 0.5) is 0 Å². The molecular weight excluding hydrogens is 702 g/mol. The number of methoxy groups -OCH3 is 2. The third-order valence-corrected chi connectivity index (χ3v) is 6.96. The first-order valence-electron chi connectivity index (χ1n) is 18.2. The van der Waals surface area contributed by atoms with Gasteiger partial charge in [0.25, 0.3) is 0 Å². The molecule has 0 fully saturated rings. The number of carboxylic acids is 1. The Labute approximate surface area is 313 Å². The van der Waals surface area contributed by atoms with Crippen molar-refractivity contribution in [1.29, 1.82) is 0 Å². The first-order valence-corrected chi connectivity index (χ1v) is 18.2. The number of amides is 3. The van der Waals surface area contributed by atoms with E-state index in [-0.39, 0.29) is 37.7 Å². The predicted octanol–water partition coefficient (Wildman–Crippen LogP) is 0.401. The Bertz CT molecular complexity index is 971. The minimum Gasteiger partial charge on any atom is -0.480 e. The Morgan fingerprint density at radius 3 is 1.49 bits per heavy atom. The second-order valence-corrected chi connectivity index (χ2v) is 11.3. The average Bonchev–Trinajstić information content (AvgIpc) is 3.14. The van der Waals surface area contributed by atoms with Crippen molar-refractivity contribution in [3.8, 4) is 0 Å². The standard InChI is InChI=1S/C35H63N3O15/c1-45-16-17-48-20-21-50-24-25-52-28-29-53-27-26-51-23-22-49-19-18-47-15-12-32(40)37-14-7-5-8-30(35(43)44)38-33(41)9-4-3-6-13-36-31(39)10-11-34(42)46-2/h10-11,30H,3-9,12-29H2,1-2H3,(H,36,39)(H,37,40)(H,38,41)(H,43,44)/b11-10-/t30-/m0/s1. The summed E-state index contributed by atoms with van der Waals surface area (Å²) in [6, 6.07) is -1.01. The molecule has 0 aromatic heterocycles. The SMILES string of the molecule is COCCOCCOCCOCCOCCOCCOCCOCCC(=O)NCCCC[C@H](NC(=O)CCCCCNC(=O)/C=C\C(=O)OC)C(=O)O. The lowest BCUT2D eigenvalue weighted by atomic mass is 10.1. The van der Waals surface area contributed by atoms with E-state index in [4.69, 9.17) is 37.9 Å². The van der Waals surface area contributed by atoms with Crippen LogP contribution in [-0.4, -0.2) is 167 Å². The van der Waals surface area contributed by atoms with Crippen molar-refractivity contribution in [2.24, 2.45) is 0 Å². The van der Waals surface area contributed by atoms with Gasteiger partial charge in [0.2, 0.25) is 17.7 Å². The highest BCUT2D eigenvalue weighted by molar-refractivity contribution is 5.94. The van der Waals surface area contributed by atoms with Crippen LogP contribution in [0.1, 0.15) is 51.4 Å². The van der Waals surface area contributed by atoms with Gasteiger partial charge in [0.15, 0.2) is 0 Å². The van der Waals surface area contributed by atoms with E-state index in [0.29, 0.717) is 138 Å². The monoisotopic (exact) mass is 765 g/mol. The second-order valence-electron chi connectivity index (χ2n) is 11.3. The zero-order valence-electron chi connectivity index (χ0n) is 31.6. The van der Waals surface area contributed by atoms with E-state index in [9.17, 15) is 29.1 Å². The highest BCUT2D eigenvalue weighted by Gasteiger charge is 2.19. The molecular formula is C35H63N3O15. The molecule has 0 rings (SSSR count). The molecule has 18 heteroatoms. The van der Waals surface area contributed by atoms with Crippen molar-refractivity contribution in [2.45, 2.75) is 57.4 Å². The van der Waals surface area contributed by atoms with Gasteiger partial charge in [0, 0.05) is 45.2 Å². The molecule has 0 spiro atoms. The first-order chi connectivity index (χ1) is 25.8. The van der Waals surface area contributed by atoms with Gasteiger partial charge in [0.1, 0.15) is 6.04 Å². The molecule has 0 unspecified atom stereocenters. The number of ether oxygens (including phenoxy) is 9. The largest absolute Gasteiger partial charge is 0.480 e. The fourth-order valence-corrected chi connectivity index (χ4v) is 4.11. The number of carbonyl (C=O) groups excluding carboxylic acids is 4. The van der Waals surface area contributed by atoms with E-state index in [1.54, 1.807) is 7.11 Å². The van der Waals surface area contributed by atoms with Gasteiger partial charge in [-0.1, -0.05) is 6.42 Å². The molecule has 4 N–H and O–H groups in total. The van der Waals surface area contributed by atoms with Crippen LogP contribution in [0.3, 0.4) is 0 Å². The lowest BCUT2D eigenvalue weighted by Crippen LogP contribution is -2.40. The summed E-state index contributed by atoms with van der Waals surface area (Å²) in [5.74, 6) is -2.69. The Balaban J connectivity index is 3.56.